The van der Waals surface area contributed by atoms with Gasteiger partial charge in [0.1, 0.15) is 5.76 Å². The number of hydrogen-bond acceptors (Lipinski definition) is 3. The summed E-state index contributed by atoms with van der Waals surface area (Å²) in [7, 11) is 0. The summed E-state index contributed by atoms with van der Waals surface area (Å²) in [5, 5.41) is 0. The van der Waals surface area contributed by atoms with E-state index in [1.54, 1.807) is 13.2 Å². The Labute approximate surface area is 168 Å². The molecule has 1 fully saturated rings. The maximum Gasteiger partial charge on any atom is 0.219 e. The molecule has 1 saturated heterocycles. The molecule has 4 nitrogen and oxygen atoms in total. The maximum absolute atomic E-state index is 12.3. The predicted octanol–water partition coefficient (Wildman–Crippen LogP) is 5.10. The molecule has 0 N–H and O–H groups in total. The molecule has 28 heavy (non-hydrogen) atoms. The van der Waals surface area contributed by atoms with Gasteiger partial charge >= 0.3 is 0 Å². The minimum absolute atomic E-state index is 0.0394. The fraction of sp³-hybridized carbons (Fsp3) is 0.542. The lowest BCUT2D eigenvalue weighted by molar-refractivity contribution is -0.130. The Morgan fingerprint density at radius 2 is 2.00 bits per heavy atom. The van der Waals surface area contributed by atoms with E-state index >= 15 is 0 Å². The maximum atomic E-state index is 12.3. The van der Waals surface area contributed by atoms with Crippen molar-refractivity contribution in [1.29, 1.82) is 0 Å². The molecule has 1 aromatic heterocycles. The standard InChI is InChI=1S/C24H33NO3/c1-18(2)23-16-24(12-15-28-23,21-9-7-19(3)8-10-21)11-13-25(20(4)26)17-22-6-5-14-27-22/h5-10,14,18,23H,11-13,15-17H2,1-4H3/t23-,24-/m1/s1. The fourth-order valence-corrected chi connectivity index (χ4v) is 4.21. The third kappa shape index (κ3) is 4.85. The third-order valence-corrected chi connectivity index (χ3v) is 6.14. The summed E-state index contributed by atoms with van der Waals surface area (Å²) in [5.74, 6) is 1.40. The van der Waals surface area contributed by atoms with Crippen molar-refractivity contribution in [2.24, 2.45) is 5.92 Å². The normalized spacial score (nSPS) is 22.4. The van der Waals surface area contributed by atoms with Crippen molar-refractivity contribution in [3.63, 3.8) is 0 Å². The molecule has 0 radical (unpaired) electrons. The summed E-state index contributed by atoms with van der Waals surface area (Å²) < 4.78 is 11.5. The van der Waals surface area contributed by atoms with E-state index in [4.69, 9.17) is 9.15 Å². The molecule has 2 aromatic rings. The number of nitrogens with zero attached hydrogens (tertiary/aromatic N) is 1. The first kappa shape index (κ1) is 20.7. The molecular weight excluding hydrogens is 350 g/mol. The second-order valence-corrected chi connectivity index (χ2v) is 8.52. The highest BCUT2D eigenvalue weighted by molar-refractivity contribution is 5.73. The van der Waals surface area contributed by atoms with Crippen LogP contribution in [0.4, 0.5) is 0 Å². The first-order valence-electron chi connectivity index (χ1n) is 10.4. The van der Waals surface area contributed by atoms with Crippen molar-refractivity contribution >= 4 is 5.91 Å². The van der Waals surface area contributed by atoms with Gasteiger partial charge in [-0.05, 0) is 49.8 Å². The van der Waals surface area contributed by atoms with Crippen LogP contribution in [0.25, 0.3) is 0 Å². The summed E-state index contributed by atoms with van der Waals surface area (Å²) in [4.78, 5) is 14.2. The van der Waals surface area contributed by atoms with Crippen molar-refractivity contribution in [3.8, 4) is 0 Å². The number of hydrogen-bond donors (Lipinski definition) is 0. The van der Waals surface area contributed by atoms with E-state index in [1.807, 2.05) is 17.0 Å². The molecule has 2 atom stereocenters. The van der Waals surface area contributed by atoms with Gasteiger partial charge in [0.25, 0.3) is 0 Å². The van der Waals surface area contributed by atoms with Crippen molar-refractivity contribution in [2.45, 2.75) is 65.0 Å². The zero-order valence-electron chi connectivity index (χ0n) is 17.6. The first-order chi connectivity index (χ1) is 13.4. The van der Waals surface area contributed by atoms with Crippen molar-refractivity contribution in [3.05, 3.63) is 59.5 Å². The molecule has 0 saturated carbocycles. The van der Waals surface area contributed by atoms with Crippen LogP contribution in [0, 0.1) is 12.8 Å². The van der Waals surface area contributed by atoms with Crippen LogP contribution in [-0.2, 0) is 21.5 Å². The fourth-order valence-electron chi connectivity index (χ4n) is 4.21. The smallest absolute Gasteiger partial charge is 0.219 e. The summed E-state index contributed by atoms with van der Waals surface area (Å²) in [6.07, 6.45) is 4.84. The Morgan fingerprint density at radius 1 is 1.25 bits per heavy atom. The number of furan rings is 1. The van der Waals surface area contributed by atoms with Crippen LogP contribution in [-0.4, -0.2) is 30.1 Å². The minimum Gasteiger partial charge on any atom is -0.467 e. The Balaban J connectivity index is 1.82. The average Bonchev–Trinajstić information content (AvgIpc) is 3.18. The van der Waals surface area contributed by atoms with Gasteiger partial charge in [0, 0.05) is 25.5 Å². The van der Waals surface area contributed by atoms with E-state index in [2.05, 4.69) is 45.0 Å². The van der Waals surface area contributed by atoms with E-state index in [9.17, 15) is 4.79 Å². The number of carbonyl (C=O) groups is 1. The number of aryl methyl sites for hydroxylation is 1. The summed E-state index contributed by atoms with van der Waals surface area (Å²) in [6, 6.07) is 12.7. The molecule has 3 rings (SSSR count). The van der Waals surface area contributed by atoms with Gasteiger partial charge in [0.2, 0.25) is 5.91 Å². The number of carbonyl (C=O) groups excluding carboxylic acids is 1. The number of ether oxygens (including phenoxy) is 1. The highest BCUT2D eigenvalue weighted by atomic mass is 16.5. The van der Waals surface area contributed by atoms with Gasteiger partial charge in [-0.1, -0.05) is 43.7 Å². The number of benzene rings is 1. The van der Waals surface area contributed by atoms with Gasteiger partial charge in [0.05, 0.1) is 18.9 Å². The molecule has 1 amide bonds. The van der Waals surface area contributed by atoms with Crippen molar-refractivity contribution in [2.75, 3.05) is 13.2 Å². The molecule has 0 spiro atoms. The Bertz CT molecular complexity index is 751. The van der Waals surface area contributed by atoms with Crippen molar-refractivity contribution in [1.82, 2.24) is 4.90 Å². The topological polar surface area (TPSA) is 42.7 Å². The Kier molecular flexibility index (Phi) is 6.61. The third-order valence-electron chi connectivity index (χ3n) is 6.14. The SMILES string of the molecule is CC(=O)N(CC[C@@]1(c2ccc(C)cc2)CCO[C@@H](C(C)C)C1)Cc1ccco1. The van der Waals surface area contributed by atoms with Crippen LogP contribution in [0.1, 0.15) is 56.9 Å². The monoisotopic (exact) mass is 383 g/mol. The summed E-state index contributed by atoms with van der Waals surface area (Å²) >= 11 is 0. The molecule has 1 aromatic carbocycles. The van der Waals surface area contributed by atoms with Crippen LogP contribution in [0.2, 0.25) is 0 Å². The first-order valence-corrected chi connectivity index (χ1v) is 10.4. The molecule has 0 unspecified atom stereocenters. The van der Waals surface area contributed by atoms with E-state index < -0.39 is 0 Å². The largest absolute Gasteiger partial charge is 0.467 e. The number of amides is 1. The Hall–Kier alpha value is -2.07. The van der Waals surface area contributed by atoms with Gasteiger partial charge in [-0.2, -0.15) is 0 Å². The highest BCUT2D eigenvalue weighted by Crippen LogP contribution is 2.42. The van der Waals surface area contributed by atoms with E-state index in [-0.39, 0.29) is 17.4 Å². The second kappa shape index (κ2) is 8.95. The van der Waals surface area contributed by atoms with Crippen LogP contribution >= 0.6 is 0 Å². The van der Waals surface area contributed by atoms with Crippen LogP contribution < -0.4 is 0 Å². The quantitative estimate of drug-likeness (QED) is 0.668. The molecular formula is C24H33NO3. The van der Waals surface area contributed by atoms with Crippen LogP contribution in [0.15, 0.2) is 47.1 Å². The molecule has 4 heteroatoms. The lowest BCUT2D eigenvalue weighted by Crippen LogP contribution is -2.43. The van der Waals surface area contributed by atoms with Gasteiger partial charge < -0.3 is 14.1 Å². The minimum atomic E-state index is 0.0394. The molecule has 152 valence electrons. The van der Waals surface area contributed by atoms with Crippen LogP contribution in [0.3, 0.4) is 0 Å². The van der Waals surface area contributed by atoms with Gasteiger partial charge in [-0.3, -0.25) is 4.79 Å². The number of rotatable bonds is 7. The molecule has 0 bridgehead atoms. The summed E-state index contributed by atoms with van der Waals surface area (Å²) in [6.45, 7) is 10.2. The molecule has 2 heterocycles. The molecule has 0 aliphatic carbocycles. The van der Waals surface area contributed by atoms with Crippen LogP contribution in [0.5, 0.6) is 0 Å². The zero-order valence-corrected chi connectivity index (χ0v) is 17.6. The Morgan fingerprint density at radius 3 is 2.61 bits per heavy atom. The second-order valence-electron chi connectivity index (χ2n) is 8.52. The van der Waals surface area contributed by atoms with E-state index in [0.29, 0.717) is 19.0 Å². The van der Waals surface area contributed by atoms with Crippen molar-refractivity contribution < 1.29 is 13.9 Å². The predicted molar refractivity (Wildman–Crippen MR) is 111 cm³/mol. The van der Waals surface area contributed by atoms with E-state index in [1.165, 1.54) is 11.1 Å². The molecule has 1 aliphatic heterocycles. The lowest BCUT2D eigenvalue weighted by atomic mass is 9.68. The lowest BCUT2D eigenvalue weighted by Gasteiger charge is -2.44. The van der Waals surface area contributed by atoms with E-state index in [0.717, 1.165) is 31.6 Å². The van der Waals surface area contributed by atoms with Gasteiger partial charge in [-0.25, -0.2) is 0 Å². The zero-order chi connectivity index (χ0) is 20.1. The van der Waals surface area contributed by atoms with Gasteiger partial charge in [-0.15, -0.1) is 0 Å². The highest BCUT2D eigenvalue weighted by Gasteiger charge is 2.39. The van der Waals surface area contributed by atoms with Gasteiger partial charge in [0.15, 0.2) is 0 Å². The molecule has 1 aliphatic rings. The summed E-state index contributed by atoms with van der Waals surface area (Å²) in [5.41, 5.74) is 2.68. The average molecular weight is 384 g/mol.